The molecule has 3 N–H and O–H groups in total. The van der Waals surface area contributed by atoms with Crippen molar-refractivity contribution in [3.63, 3.8) is 0 Å². The second-order valence-corrected chi connectivity index (χ2v) is 7.50. The molecule has 0 aliphatic heterocycles. The zero-order valence-electron chi connectivity index (χ0n) is 17.1. The highest BCUT2D eigenvalue weighted by atomic mass is 16.5. The standard InChI is InChI=1S/C21H23N5O4/c1-21(2,3)16-12-18(30-26-16)25-20(28)24-14-6-5-7-15(11-14)29-17-10-13(8-9-23-17)19(27)22-4/h5-12H,1-4H3,(H,22,27)(H2,24,25,28). The number of nitrogens with zero attached hydrogens (tertiary/aromatic N) is 2. The van der Waals surface area contributed by atoms with Gasteiger partial charge < -0.3 is 19.9 Å². The SMILES string of the molecule is CNC(=O)c1ccnc(Oc2cccc(NC(=O)Nc3cc(C(C)(C)C)no3)c2)c1. The van der Waals surface area contributed by atoms with E-state index in [2.05, 4.69) is 26.1 Å². The van der Waals surface area contributed by atoms with Crippen LogP contribution in [-0.4, -0.2) is 29.1 Å². The summed E-state index contributed by atoms with van der Waals surface area (Å²) < 4.78 is 10.9. The number of nitrogens with one attached hydrogen (secondary N) is 3. The molecule has 3 aromatic rings. The summed E-state index contributed by atoms with van der Waals surface area (Å²) in [5, 5.41) is 11.8. The van der Waals surface area contributed by atoms with Gasteiger partial charge in [-0.2, -0.15) is 0 Å². The van der Waals surface area contributed by atoms with Gasteiger partial charge in [0.1, 0.15) is 5.75 Å². The average Bonchev–Trinajstić information content (AvgIpc) is 3.16. The molecule has 0 fully saturated rings. The Kier molecular flexibility index (Phi) is 6.01. The van der Waals surface area contributed by atoms with E-state index in [-0.39, 0.29) is 23.1 Å². The Labute approximate surface area is 173 Å². The summed E-state index contributed by atoms with van der Waals surface area (Å²) in [5.74, 6) is 0.717. The van der Waals surface area contributed by atoms with E-state index in [1.807, 2.05) is 20.8 Å². The molecule has 1 aromatic carbocycles. The van der Waals surface area contributed by atoms with Crippen LogP contribution in [0.1, 0.15) is 36.8 Å². The van der Waals surface area contributed by atoms with Crippen LogP contribution < -0.4 is 20.7 Å². The summed E-state index contributed by atoms with van der Waals surface area (Å²) in [6.07, 6.45) is 1.48. The van der Waals surface area contributed by atoms with Crippen molar-refractivity contribution in [3.05, 3.63) is 59.9 Å². The largest absolute Gasteiger partial charge is 0.439 e. The molecule has 30 heavy (non-hydrogen) atoms. The Morgan fingerprint density at radius 1 is 1.07 bits per heavy atom. The molecule has 0 atom stereocenters. The lowest BCUT2D eigenvalue weighted by molar-refractivity contribution is 0.0962. The van der Waals surface area contributed by atoms with Gasteiger partial charge in [-0.15, -0.1) is 0 Å². The number of urea groups is 1. The van der Waals surface area contributed by atoms with Crippen LogP contribution in [0, 0.1) is 0 Å². The molecule has 0 spiro atoms. The number of amides is 3. The Morgan fingerprint density at radius 2 is 1.87 bits per heavy atom. The molecule has 0 bridgehead atoms. The number of pyridine rings is 1. The summed E-state index contributed by atoms with van der Waals surface area (Å²) in [4.78, 5) is 28.1. The minimum atomic E-state index is -0.483. The second kappa shape index (κ2) is 8.64. The molecule has 0 radical (unpaired) electrons. The molecule has 3 rings (SSSR count). The number of ether oxygens (including phenoxy) is 1. The van der Waals surface area contributed by atoms with E-state index >= 15 is 0 Å². The van der Waals surface area contributed by atoms with Gasteiger partial charge in [0.05, 0.1) is 5.69 Å². The van der Waals surface area contributed by atoms with E-state index in [4.69, 9.17) is 9.26 Å². The van der Waals surface area contributed by atoms with Crippen molar-refractivity contribution < 1.29 is 18.8 Å². The number of rotatable bonds is 5. The highest BCUT2D eigenvalue weighted by Gasteiger charge is 2.19. The second-order valence-electron chi connectivity index (χ2n) is 7.50. The molecule has 0 saturated heterocycles. The van der Waals surface area contributed by atoms with Gasteiger partial charge in [-0.05, 0) is 18.2 Å². The fraction of sp³-hybridized carbons (Fsp3) is 0.238. The maximum Gasteiger partial charge on any atom is 0.326 e. The quantitative estimate of drug-likeness (QED) is 0.582. The molecule has 2 heterocycles. The summed E-state index contributed by atoms with van der Waals surface area (Å²) in [6.45, 7) is 6.00. The zero-order valence-corrected chi connectivity index (χ0v) is 17.1. The molecule has 0 saturated carbocycles. The predicted octanol–water partition coefficient (Wildman–Crippen LogP) is 4.16. The van der Waals surface area contributed by atoms with Crippen molar-refractivity contribution in [1.82, 2.24) is 15.5 Å². The number of anilines is 2. The third-order valence-electron chi connectivity index (χ3n) is 4.05. The Bertz CT molecular complexity index is 1060. The number of carbonyl (C=O) groups is 2. The Hall–Kier alpha value is -3.88. The van der Waals surface area contributed by atoms with Gasteiger partial charge in [0, 0.05) is 48.1 Å². The minimum Gasteiger partial charge on any atom is -0.439 e. The van der Waals surface area contributed by atoms with Crippen molar-refractivity contribution in [1.29, 1.82) is 0 Å². The topological polar surface area (TPSA) is 118 Å². The summed E-state index contributed by atoms with van der Waals surface area (Å²) in [6, 6.07) is 11.1. The van der Waals surface area contributed by atoms with Crippen LogP contribution in [0.3, 0.4) is 0 Å². The molecule has 2 aromatic heterocycles. The van der Waals surface area contributed by atoms with E-state index in [0.29, 0.717) is 17.0 Å². The van der Waals surface area contributed by atoms with E-state index < -0.39 is 6.03 Å². The van der Waals surface area contributed by atoms with Crippen molar-refractivity contribution in [3.8, 4) is 11.6 Å². The fourth-order valence-corrected chi connectivity index (χ4v) is 2.47. The van der Waals surface area contributed by atoms with E-state index in [0.717, 1.165) is 5.69 Å². The first kappa shape index (κ1) is 20.8. The van der Waals surface area contributed by atoms with E-state index in [1.165, 1.54) is 12.3 Å². The summed E-state index contributed by atoms with van der Waals surface area (Å²) in [7, 11) is 1.55. The number of hydrogen-bond acceptors (Lipinski definition) is 6. The van der Waals surface area contributed by atoms with Gasteiger partial charge in [-0.1, -0.05) is 32.0 Å². The minimum absolute atomic E-state index is 0.186. The van der Waals surface area contributed by atoms with Crippen molar-refractivity contribution in [2.75, 3.05) is 17.7 Å². The van der Waals surface area contributed by atoms with Crippen LogP contribution >= 0.6 is 0 Å². The van der Waals surface area contributed by atoms with E-state index in [1.54, 1.807) is 43.4 Å². The highest BCUT2D eigenvalue weighted by molar-refractivity contribution is 5.99. The maximum absolute atomic E-state index is 12.3. The first-order valence-electron chi connectivity index (χ1n) is 9.26. The van der Waals surface area contributed by atoms with Crippen LogP contribution in [0.15, 0.2) is 53.2 Å². The fourth-order valence-electron chi connectivity index (χ4n) is 2.47. The monoisotopic (exact) mass is 409 g/mol. The van der Waals surface area contributed by atoms with E-state index in [9.17, 15) is 9.59 Å². The van der Waals surface area contributed by atoms with Gasteiger partial charge in [-0.3, -0.25) is 10.1 Å². The predicted molar refractivity (Wildman–Crippen MR) is 112 cm³/mol. The van der Waals surface area contributed by atoms with Crippen LogP contribution in [0.2, 0.25) is 0 Å². The number of benzene rings is 1. The Balaban J connectivity index is 1.65. The van der Waals surface area contributed by atoms with Crippen LogP contribution in [0.25, 0.3) is 0 Å². The van der Waals surface area contributed by atoms with Gasteiger partial charge >= 0.3 is 6.03 Å². The maximum atomic E-state index is 12.3. The Morgan fingerprint density at radius 3 is 2.57 bits per heavy atom. The van der Waals surface area contributed by atoms with Crippen LogP contribution in [0.4, 0.5) is 16.4 Å². The molecule has 156 valence electrons. The number of hydrogen-bond donors (Lipinski definition) is 3. The molecular formula is C21H23N5O4. The molecule has 0 unspecified atom stereocenters. The highest BCUT2D eigenvalue weighted by Crippen LogP contribution is 2.25. The third-order valence-corrected chi connectivity index (χ3v) is 4.05. The van der Waals surface area contributed by atoms with Crippen LogP contribution in [0.5, 0.6) is 11.6 Å². The van der Waals surface area contributed by atoms with Gasteiger partial charge in [0.25, 0.3) is 5.91 Å². The summed E-state index contributed by atoms with van der Waals surface area (Å²) >= 11 is 0. The molecule has 3 amide bonds. The lowest BCUT2D eigenvalue weighted by atomic mass is 9.92. The van der Waals surface area contributed by atoms with Gasteiger partial charge in [0.2, 0.25) is 11.8 Å². The molecule has 9 heteroatoms. The zero-order chi connectivity index (χ0) is 21.7. The number of aromatic nitrogens is 2. The molecule has 0 aliphatic carbocycles. The third kappa shape index (κ3) is 5.34. The van der Waals surface area contributed by atoms with Gasteiger partial charge in [-0.25, -0.2) is 9.78 Å². The van der Waals surface area contributed by atoms with Crippen molar-refractivity contribution in [2.24, 2.45) is 0 Å². The van der Waals surface area contributed by atoms with Gasteiger partial charge in [0.15, 0.2) is 0 Å². The smallest absolute Gasteiger partial charge is 0.326 e. The lowest BCUT2D eigenvalue weighted by Gasteiger charge is -2.12. The van der Waals surface area contributed by atoms with Crippen LogP contribution in [-0.2, 0) is 5.41 Å². The first-order valence-corrected chi connectivity index (χ1v) is 9.26. The van der Waals surface area contributed by atoms with Crippen molar-refractivity contribution in [2.45, 2.75) is 26.2 Å². The molecule has 0 aliphatic rings. The average molecular weight is 409 g/mol. The first-order chi connectivity index (χ1) is 14.2. The summed E-state index contributed by atoms with van der Waals surface area (Å²) in [5.41, 5.74) is 1.48. The lowest BCUT2D eigenvalue weighted by Crippen LogP contribution is -2.19. The number of carbonyl (C=O) groups excluding carboxylic acids is 2. The normalized spacial score (nSPS) is 10.9. The molecular weight excluding hydrogens is 386 g/mol. The van der Waals surface area contributed by atoms with Crippen molar-refractivity contribution >= 4 is 23.5 Å². The molecule has 9 nitrogen and oxygen atoms in total.